The highest BCUT2D eigenvalue weighted by Gasteiger charge is 2.32. The smallest absolute Gasteiger partial charge is 0.273 e. The van der Waals surface area contributed by atoms with Gasteiger partial charge in [-0.15, -0.1) is 11.3 Å². The molecule has 0 bridgehead atoms. The van der Waals surface area contributed by atoms with Crippen molar-refractivity contribution in [2.75, 3.05) is 13.1 Å². The van der Waals surface area contributed by atoms with Crippen molar-refractivity contribution in [3.8, 4) is 11.3 Å². The first-order chi connectivity index (χ1) is 12.6. The second-order valence-corrected chi connectivity index (χ2v) is 7.37. The molecule has 1 aliphatic rings. The van der Waals surface area contributed by atoms with Crippen molar-refractivity contribution in [2.45, 2.75) is 13.5 Å². The number of likely N-dealkylation sites (tertiary alicyclic amines) is 1. The normalized spacial score (nSPS) is 14.3. The van der Waals surface area contributed by atoms with Crippen LogP contribution >= 0.6 is 11.3 Å². The Balaban J connectivity index is 1.43. The van der Waals surface area contributed by atoms with Crippen LogP contribution in [0.25, 0.3) is 11.3 Å². The topological polar surface area (TPSA) is 81.0 Å². The van der Waals surface area contributed by atoms with Crippen LogP contribution in [0.1, 0.15) is 15.5 Å². The maximum absolute atomic E-state index is 12.3. The molecular formula is C18H17N5O2S. The molecule has 0 radical (unpaired) electrons. The zero-order valence-corrected chi connectivity index (χ0v) is 15.0. The van der Waals surface area contributed by atoms with Gasteiger partial charge in [0, 0.05) is 48.4 Å². The number of thiazole rings is 1. The summed E-state index contributed by atoms with van der Waals surface area (Å²) in [7, 11) is 0. The summed E-state index contributed by atoms with van der Waals surface area (Å²) in [6, 6.07) is 6.97. The Bertz CT molecular complexity index is 992. The number of pyridine rings is 1. The van der Waals surface area contributed by atoms with Crippen LogP contribution in [0.3, 0.4) is 0 Å². The lowest BCUT2D eigenvalue weighted by molar-refractivity contribution is 0.0453. The van der Waals surface area contributed by atoms with Crippen LogP contribution in [0, 0.1) is 12.8 Å². The zero-order chi connectivity index (χ0) is 18.1. The number of aryl methyl sites for hydroxylation is 1. The van der Waals surface area contributed by atoms with Crippen molar-refractivity contribution >= 4 is 17.2 Å². The van der Waals surface area contributed by atoms with Crippen molar-refractivity contribution in [2.24, 2.45) is 5.92 Å². The SMILES string of the molecule is Cc1nc(C(=O)N2CC(Cn3nc(-c4cccnc4)ccc3=O)C2)cs1. The highest BCUT2D eigenvalue weighted by molar-refractivity contribution is 7.09. The number of carbonyl (C=O) groups excluding carboxylic acids is 1. The maximum atomic E-state index is 12.3. The van der Waals surface area contributed by atoms with Crippen LogP contribution in [-0.2, 0) is 6.54 Å². The van der Waals surface area contributed by atoms with Crippen molar-refractivity contribution < 1.29 is 4.79 Å². The number of hydrogen-bond acceptors (Lipinski definition) is 6. The third kappa shape index (κ3) is 3.28. The van der Waals surface area contributed by atoms with Gasteiger partial charge in [-0.2, -0.15) is 5.10 Å². The molecule has 7 nitrogen and oxygen atoms in total. The highest BCUT2D eigenvalue weighted by Crippen LogP contribution is 2.21. The average Bonchev–Trinajstić information content (AvgIpc) is 3.06. The van der Waals surface area contributed by atoms with Gasteiger partial charge in [0.15, 0.2) is 0 Å². The summed E-state index contributed by atoms with van der Waals surface area (Å²) in [6.45, 7) is 3.60. The molecule has 0 unspecified atom stereocenters. The van der Waals surface area contributed by atoms with Gasteiger partial charge in [-0.05, 0) is 25.1 Å². The second-order valence-electron chi connectivity index (χ2n) is 6.31. The third-order valence-corrected chi connectivity index (χ3v) is 5.11. The summed E-state index contributed by atoms with van der Waals surface area (Å²) in [5, 5.41) is 7.11. The summed E-state index contributed by atoms with van der Waals surface area (Å²) >= 11 is 1.47. The summed E-state index contributed by atoms with van der Waals surface area (Å²) in [5.74, 6) is 0.169. The van der Waals surface area contributed by atoms with E-state index < -0.39 is 0 Å². The van der Waals surface area contributed by atoms with Gasteiger partial charge in [0.25, 0.3) is 11.5 Å². The molecule has 0 atom stereocenters. The Kier molecular flexibility index (Phi) is 4.34. The lowest BCUT2D eigenvalue weighted by atomic mass is 10.00. The quantitative estimate of drug-likeness (QED) is 0.703. The van der Waals surface area contributed by atoms with E-state index in [9.17, 15) is 9.59 Å². The summed E-state index contributed by atoms with van der Waals surface area (Å²) < 4.78 is 1.47. The first kappa shape index (κ1) is 16.6. The lowest BCUT2D eigenvalue weighted by Crippen LogP contribution is -2.52. The Labute approximate surface area is 154 Å². The van der Waals surface area contributed by atoms with Crippen LogP contribution in [0.15, 0.2) is 46.8 Å². The Morgan fingerprint density at radius 3 is 2.85 bits per heavy atom. The monoisotopic (exact) mass is 367 g/mol. The fraction of sp³-hybridized carbons (Fsp3) is 0.278. The van der Waals surface area contributed by atoms with E-state index in [1.165, 1.54) is 22.1 Å². The molecule has 3 aromatic rings. The van der Waals surface area contributed by atoms with Crippen LogP contribution < -0.4 is 5.56 Å². The van der Waals surface area contributed by atoms with Crippen LogP contribution in [0.5, 0.6) is 0 Å². The number of rotatable bonds is 4. The van der Waals surface area contributed by atoms with Crippen LogP contribution in [0.2, 0.25) is 0 Å². The minimum absolute atomic E-state index is 0.0463. The van der Waals surface area contributed by atoms with E-state index in [4.69, 9.17) is 0 Å². The van der Waals surface area contributed by atoms with Gasteiger partial charge in [0.05, 0.1) is 17.2 Å². The molecular weight excluding hydrogens is 350 g/mol. The van der Waals surface area contributed by atoms with Crippen molar-refractivity contribution in [3.63, 3.8) is 0 Å². The molecule has 26 heavy (non-hydrogen) atoms. The minimum Gasteiger partial charge on any atom is -0.336 e. The lowest BCUT2D eigenvalue weighted by Gasteiger charge is -2.38. The molecule has 0 saturated carbocycles. The zero-order valence-electron chi connectivity index (χ0n) is 14.2. The molecule has 0 N–H and O–H groups in total. The van der Waals surface area contributed by atoms with Crippen molar-refractivity contribution in [3.05, 3.63) is 63.1 Å². The molecule has 4 rings (SSSR count). The molecule has 8 heteroatoms. The van der Waals surface area contributed by atoms with Crippen molar-refractivity contribution in [1.82, 2.24) is 24.6 Å². The van der Waals surface area contributed by atoms with Gasteiger partial charge in [0.1, 0.15) is 5.69 Å². The van der Waals surface area contributed by atoms with Gasteiger partial charge in [-0.3, -0.25) is 14.6 Å². The first-order valence-corrected chi connectivity index (χ1v) is 9.18. The minimum atomic E-state index is -0.141. The van der Waals surface area contributed by atoms with Crippen molar-refractivity contribution in [1.29, 1.82) is 0 Å². The Hall–Kier alpha value is -2.87. The van der Waals surface area contributed by atoms with E-state index in [0.717, 1.165) is 10.6 Å². The van der Waals surface area contributed by atoms with Gasteiger partial charge in [-0.25, -0.2) is 9.67 Å². The van der Waals surface area contributed by atoms with E-state index in [0.29, 0.717) is 31.0 Å². The molecule has 1 fully saturated rings. The molecule has 1 saturated heterocycles. The van der Waals surface area contributed by atoms with Crippen LogP contribution in [0.4, 0.5) is 0 Å². The number of nitrogens with zero attached hydrogens (tertiary/aromatic N) is 5. The summed E-state index contributed by atoms with van der Waals surface area (Å²) in [4.78, 5) is 34.5. The van der Waals surface area contributed by atoms with Crippen LogP contribution in [-0.4, -0.2) is 43.6 Å². The first-order valence-electron chi connectivity index (χ1n) is 8.30. The highest BCUT2D eigenvalue weighted by atomic mass is 32.1. The molecule has 0 spiro atoms. The van der Waals surface area contributed by atoms with Gasteiger partial charge in [-0.1, -0.05) is 0 Å². The summed E-state index contributed by atoms with van der Waals surface area (Å²) in [5.41, 5.74) is 1.94. The van der Waals surface area contributed by atoms with E-state index in [1.807, 2.05) is 19.1 Å². The summed E-state index contributed by atoms with van der Waals surface area (Å²) in [6.07, 6.45) is 3.42. The number of carbonyl (C=O) groups is 1. The maximum Gasteiger partial charge on any atom is 0.273 e. The Morgan fingerprint density at radius 2 is 2.15 bits per heavy atom. The number of hydrogen-bond donors (Lipinski definition) is 0. The molecule has 132 valence electrons. The fourth-order valence-corrected chi connectivity index (χ4v) is 3.55. The largest absolute Gasteiger partial charge is 0.336 e. The Morgan fingerprint density at radius 1 is 1.31 bits per heavy atom. The average molecular weight is 367 g/mol. The van der Waals surface area contributed by atoms with E-state index >= 15 is 0 Å². The molecule has 3 aromatic heterocycles. The van der Waals surface area contributed by atoms with E-state index in [1.54, 1.807) is 28.7 Å². The van der Waals surface area contributed by atoms with Gasteiger partial charge >= 0.3 is 0 Å². The molecule has 0 aliphatic carbocycles. The van der Waals surface area contributed by atoms with E-state index in [-0.39, 0.29) is 17.4 Å². The molecule has 0 aromatic carbocycles. The number of amides is 1. The third-order valence-electron chi connectivity index (χ3n) is 4.34. The predicted octanol–water partition coefficient (Wildman–Crippen LogP) is 1.84. The second kappa shape index (κ2) is 6.80. The molecule has 1 aliphatic heterocycles. The van der Waals surface area contributed by atoms with Gasteiger partial charge in [0.2, 0.25) is 0 Å². The molecule has 1 amide bonds. The molecule has 4 heterocycles. The fourth-order valence-electron chi connectivity index (χ4n) is 2.97. The van der Waals surface area contributed by atoms with E-state index in [2.05, 4.69) is 15.1 Å². The number of aromatic nitrogens is 4. The van der Waals surface area contributed by atoms with Gasteiger partial charge < -0.3 is 4.90 Å². The predicted molar refractivity (Wildman–Crippen MR) is 98.0 cm³/mol. The standard InChI is InChI=1S/C18H17N5O2S/c1-12-20-16(11-26-12)18(25)22-8-13(9-22)10-23-17(24)5-4-15(21-23)14-3-2-6-19-7-14/h2-7,11,13H,8-10H2,1H3.